The lowest BCUT2D eigenvalue weighted by Crippen LogP contribution is -2.32. The molecule has 0 saturated heterocycles. The highest BCUT2D eigenvalue weighted by molar-refractivity contribution is 5.95. The highest BCUT2D eigenvalue weighted by Crippen LogP contribution is 2.41. The second kappa shape index (κ2) is 8.15. The third-order valence-corrected chi connectivity index (χ3v) is 4.72. The van der Waals surface area contributed by atoms with Crippen molar-refractivity contribution < 1.29 is 23.8 Å². The predicted octanol–water partition coefficient (Wildman–Crippen LogP) is 3.97. The highest BCUT2D eigenvalue weighted by atomic mass is 16.6. The molecule has 1 heterocycles. The largest absolute Gasteiger partial charge is 0.483 e. The molecule has 1 unspecified atom stereocenters. The molecule has 1 N–H and O–H groups in total. The molecule has 0 saturated carbocycles. The van der Waals surface area contributed by atoms with E-state index in [1.807, 2.05) is 58.0 Å². The van der Waals surface area contributed by atoms with E-state index < -0.39 is 18.0 Å². The minimum absolute atomic E-state index is 0.303. The van der Waals surface area contributed by atoms with E-state index >= 15 is 0 Å². The van der Waals surface area contributed by atoms with Gasteiger partial charge >= 0.3 is 5.97 Å². The van der Waals surface area contributed by atoms with Crippen molar-refractivity contribution >= 4 is 17.6 Å². The van der Waals surface area contributed by atoms with Gasteiger partial charge in [0.15, 0.2) is 24.2 Å². The molecule has 6 heteroatoms. The van der Waals surface area contributed by atoms with Crippen LogP contribution in [0, 0.1) is 13.8 Å². The van der Waals surface area contributed by atoms with Crippen LogP contribution in [0.25, 0.3) is 0 Å². The van der Waals surface area contributed by atoms with Gasteiger partial charge < -0.3 is 19.5 Å². The number of hydrogen-bond acceptors (Lipinski definition) is 5. The minimum atomic E-state index is -0.941. The number of esters is 1. The zero-order valence-corrected chi connectivity index (χ0v) is 17.5. The summed E-state index contributed by atoms with van der Waals surface area (Å²) in [6, 6.07) is 11.3. The molecule has 1 atom stereocenters. The van der Waals surface area contributed by atoms with Crippen molar-refractivity contribution in [2.45, 2.75) is 52.7 Å². The van der Waals surface area contributed by atoms with E-state index in [1.54, 1.807) is 6.07 Å². The molecule has 0 radical (unpaired) electrons. The van der Waals surface area contributed by atoms with Gasteiger partial charge in [-0.1, -0.05) is 29.8 Å². The fourth-order valence-corrected chi connectivity index (χ4v) is 3.31. The quantitative estimate of drug-likeness (QED) is 0.747. The minimum Gasteiger partial charge on any atom is -0.483 e. The predicted molar refractivity (Wildman–Crippen MR) is 110 cm³/mol. The number of rotatable bonds is 6. The summed E-state index contributed by atoms with van der Waals surface area (Å²) in [6.07, 6.45) is -0.164. The number of aryl methyl sites for hydroxylation is 2. The van der Waals surface area contributed by atoms with Gasteiger partial charge in [-0.25, -0.2) is 4.79 Å². The smallest absolute Gasteiger partial charge is 0.344 e. The standard InChI is InChI=1S/C23H27NO5/c1-14-9-10-18(15(2)11-14)24-22(26)16(3)28-20(25)13-27-19-8-6-7-17-12-23(4,5)29-21(17)19/h6-11,16H,12-13H2,1-5H3,(H,24,26). The summed E-state index contributed by atoms with van der Waals surface area (Å²) < 4.78 is 16.7. The molecule has 2 aromatic rings. The lowest BCUT2D eigenvalue weighted by Gasteiger charge is -2.18. The summed E-state index contributed by atoms with van der Waals surface area (Å²) in [4.78, 5) is 24.5. The van der Waals surface area contributed by atoms with Crippen LogP contribution < -0.4 is 14.8 Å². The second-order valence-corrected chi connectivity index (χ2v) is 8.01. The average Bonchev–Trinajstić information content (AvgIpc) is 2.96. The molecule has 1 aliphatic rings. The first kappa shape index (κ1) is 20.7. The Bertz CT molecular complexity index is 935. The Kier molecular flexibility index (Phi) is 5.82. The summed E-state index contributed by atoms with van der Waals surface area (Å²) in [7, 11) is 0. The number of carbonyl (C=O) groups excluding carboxylic acids is 2. The fraction of sp³-hybridized carbons (Fsp3) is 0.391. The van der Waals surface area contributed by atoms with Crippen LogP contribution in [0.1, 0.15) is 37.5 Å². The maximum absolute atomic E-state index is 12.3. The van der Waals surface area contributed by atoms with Crippen LogP contribution in [0.3, 0.4) is 0 Å². The Labute approximate surface area is 171 Å². The summed E-state index contributed by atoms with van der Waals surface area (Å²) in [6.45, 7) is 9.12. The second-order valence-electron chi connectivity index (χ2n) is 8.01. The van der Waals surface area contributed by atoms with E-state index in [0.717, 1.165) is 23.1 Å². The van der Waals surface area contributed by atoms with Gasteiger partial charge in [0.05, 0.1) is 0 Å². The van der Waals surface area contributed by atoms with Crippen molar-refractivity contribution in [2.75, 3.05) is 11.9 Å². The number of anilines is 1. The van der Waals surface area contributed by atoms with E-state index in [-0.39, 0.29) is 12.2 Å². The molecule has 6 nitrogen and oxygen atoms in total. The maximum atomic E-state index is 12.3. The fourth-order valence-electron chi connectivity index (χ4n) is 3.31. The van der Waals surface area contributed by atoms with Crippen molar-refractivity contribution in [2.24, 2.45) is 0 Å². The van der Waals surface area contributed by atoms with Crippen LogP contribution in [0.4, 0.5) is 5.69 Å². The van der Waals surface area contributed by atoms with Crippen LogP contribution in [-0.2, 0) is 20.7 Å². The number of carbonyl (C=O) groups is 2. The van der Waals surface area contributed by atoms with Crippen LogP contribution in [0.15, 0.2) is 36.4 Å². The molecule has 0 aliphatic carbocycles. The first-order valence-electron chi connectivity index (χ1n) is 9.66. The molecule has 1 aliphatic heterocycles. The number of benzene rings is 2. The van der Waals surface area contributed by atoms with Crippen molar-refractivity contribution in [1.82, 2.24) is 0 Å². The van der Waals surface area contributed by atoms with E-state index in [1.165, 1.54) is 6.92 Å². The summed E-state index contributed by atoms with van der Waals surface area (Å²) in [5.74, 6) is 0.141. The molecule has 0 spiro atoms. The third-order valence-electron chi connectivity index (χ3n) is 4.72. The van der Waals surface area contributed by atoms with Crippen LogP contribution in [0.5, 0.6) is 11.5 Å². The molecular weight excluding hydrogens is 370 g/mol. The van der Waals surface area contributed by atoms with Gasteiger partial charge in [-0.2, -0.15) is 0 Å². The Hall–Kier alpha value is -3.02. The molecule has 3 rings (SSSR count). The molecule has 29 heavy (non-hydrogen) atoms. The summed E-state index contributed by atoms with van der Waals surface area (Å²) >= 11 is 0. The van der Waals surface area contributed by atoms with Gasteiger partial charge in [0.2, 0.25) is 0 Å². The summed E-state index contributed by atoms with van der Waals surface area (Å²) in [5, 5.41) is 2.78. The van der Waals surface area contributed by atoms with E-state index in [0.29, 0.717) is 17.2 Å². The van der Waals surface area contributed by atoms with E-state index in [9.17, 15) is 9.59 Å². The lowest BCUT2D eigenvalue weighted by atomic mass is 10.0. The molecular formula is C23H27NO5. The van der Waals surface area contributed by atoms with Crippen LogP contribution >= 0.6 is 0 Å². The van der Waals surface area contributed by atoms with Crippen molar-refractivity contribution in [3.8, 4) is 11.5 Å². The van der Waals surface area contributed by atoms with Crippen molar-refractivity contribution in [3.05, 3.63) is 53.1 Å². The number of nitrogens with one attached hydrogen (secondary N) is 1. The van der Waals surface area contributed by atoms with Gasteiger partial charge in [-0.3, -0.25) is 4.79 Å². The number of para-hydroxylation sites is 1. The first-order valence-corrected chi connectivity index (χ1v) is 9.66. The van der Waals surface area contributed by atoms with E-state index in [2.05, 4.69) is 5.32 Å². The first-order chi connectivity index (χ1) is 13.6. The van der Waals surface area contributed by atoms with Crippen LogP contribution in [-0.4, -0.2) is 30.2 Å². The Morgan fingerprint density at radius 1 is 1.21 bits per heavy atom. The van der Waals surface area contributed by atoms with Crippen molar-refractivity contribution in [1.29, 1.82) is 0 Å². The molecule has 0 fully saturated rings. The topological polar surface area (TPSA) is 73.9 Å². The summed E-state index contributed by atoms with van der Waals surface area (Å²) in [5.41, 5.74) is 3.49. The van der Waals surface area contributed by atoms with Gasteiger partial charge in [-0.05, 0) is 52.3 Å². The van der Waals surface area contributed by atoms with Crippen molar-refractivity contribution in [3.63, 3.8) is 0 Å². The molecule has 2 aromatic carbocycles. The monoisotopic (exact) mass is 397 g/mol. The maximum Gasteiger partial charge on any atom is 0.344 e. The van der Waals surface area contributed by atoms with Gasteiger partial charge in [0, 0.05) is 17.7 Å². The Balaban J connectivity index is 1.53. The highest BCUT2D eigenvalue weighted by Gasteiger charge is 2.32. The average molecular weight is 397 g/mol. The van der Waals surface area contributed by atoms with Gasteiger partial charge in [0.25, 0.3) is 5.91 Å². The van der Waals surface area contributed by atoms with Gasteiger partial charge in [0.1, 0.15) is 5.60 Å². The molecule has 0 aromatic heterocycles. The number of fused-ring (bicyclic) bond motifs is 1. The number of hydrogen-bond donors (Lipinski definition) is 1. The molecule has 1 amide bonds. The molecule has 154 valence electrons. The number of amides is 1. The lowest BCUT2D eigenvalue weighted by molar-refractivity contribution is -0.155. The zero-order chi connectivity index (χ0) is 21.2. The van der Waals surface area contributed by atoms with E-state index in [4.69, 9.17) is 14.2 Å². The van der Waals surface area contributed by atoms with Gasteiger partial charge in [-0.15, -0.1) is 0 Å². The molecule has 0 bridgehead atoms. The zero-order valence-electron chi connectivity index (χ0n) is 17.5. The van der Waals surface area contributed by atoms with Crippen LogP contribution in [0.2, 0.25) is 0 Å². The number of ether oxygens (including phenoxy) is 3. The SMILES string of the molecule is Cc1ccc(NC(=O)C(C)OC(=O)COc2cccc3c2OC(C)(C)C3)c(C)c1. The Morgan fingerprint density at radius 3 is 2.69 bits per heavy atom. The third kappa shape index (κ3) is 5.08. The Morgan fingerprint density at radius 2 is 1.97 bits per heavy atom. The normalized spacial score (nSPS) is 15.1.